The molecule has 0 radical (unpaired) electrons. The summed E-state index contributed by atoms with van der Waals surface area (Å²) in [6, 6.07) is 7.70. The van der Waals surface area contributed by atoms with Gasteiger partial charge in [0.2, 0.25) is 11.8 Å². The topological polar surface area (TPSA) is 68.0 Å². The van der Waals surface area contributed by atoms with Crippen molar-refractivity contribution in [3.05, 3.63) is 30.2 Å². The second kappa shape index (κ2) is 7.51. The maximum absolute atomic E-state index is 12.0. The Morgan fingerprint density at radius 2 is 2.10 bits per heavy atom. The highest BCUT2D eigenvalue weighted by Crippen LogP contribution is 2.25. The number of hydrogen-bond donors (Lipinski definition) is 1. The highest BCUT2D eigenvalue weighted by Gasteiger charge is 2.12. The van der Waals surface area contributed by atoms with Crippen molar-refractivity contribution in [2.75, 3.05) is 17.3 Å². The lowest BCUT2D eigenvalue weighted by molar-refractivity contribution is -0.113. The third kappa shape index (κ3) is 4.50. The van der Waals surface area contributed by atoms with Crippen molar-refractivity contribution in [2.24, 2.45) is 0 Å². The third-order valence-electron chi connectivity index (χ3n) is 2.62. The molecule has 1 amide bonds. The van der Waals surface area contributed by atoms with E-state index in [9.17, 15) is 4.79 Å². The molecule has 0 aliphatic heterocycles. The predicted molar refractivity (Wildman–Crippen MR) is 86.0 cm³/mol. The molecule has 0 aliphatic carbocycles. The summed E-state index contributed by atoms with van der Waals surface area (Å²) in [5.41, 5.74) is 0.823. The van der Waals surface area contributed by atoms with Crippen LogP contribution >= 0.6 is 23.5 Å². The largest absolute Gasteiger partial charge is 0.416 e. The molecule has 112 valence electrons. The maximum Gasteiger partial charge on any atom is 0.277 e. The number of carbonyl (C=O) groups excluding carboxylic acids is 1. The minimum Gasteiger partial charge on any atom is -0.416 e. The number of nitrogens with one attached hydrogen (secondary N) is 1. The zero-order valence-electron chi connectivity index (χ0n) is 12.1. The highest BCUT2D eigenvalue weighted by molar-refractivity contribution is 7.99. The quantitative estimate of drug-likeness (QED) is 0.819. The number of para-hydroxylation sites is 1. The van der Waals surface area contributed by atoms with Crippen LogP contribution in [-0.2, 0) is 4.79 Å². The van der Waals surface area contributed by atoms with E-state index < -0.39 is 0 Å². The van der Waals surface area contributed by atoms with E-state index >= 15 is 0 Å². The fraction of sp³-hybridized carbons (Fsp3) is 0.357. The Kier molecular flexibility index (Phi) is 5.69. The van der Waals surface area contributed by atoms with Gasteiger partial charge in [-0.1, -0.05) is 37.7 Å². The lowest BCUT2D eigenvalue weighted by atomic mass is 10.2. The molecule has 0 unspecified atom stereocenters. The number of hydrogen-bond acceptors (Lipinski definition) is 6. The van der Waals surface area contributed by atoms with Gasteiger partial charge in [0.15, 0.2) is 0 Å². The first-order valence-corrected chi connectivity index (χ1v) is 8.70. The second-order valence-corrected chi connectivity index (χ2v) is 6.37. The molecule has 0 bridgehead atoms. The summed E-state index contributed by atoms with van der Waals surface area (Å²) in [5, 5.41) is 11.2. The zero-order chi connectivity index (χ0) is 15.2. The third-order valence-corrected chi connectivity index (χ3v) is 4.24. The van der Waals surface area contributed by atoms with Crippen LogP contribution in [0.5, 0.6) is 0 Å². The van der Waals surface area contributed by atoms with Gasteiger partial charge in [0.05, 0.1) is 11.4 Å². The van der Waals surface area contributed by atoms with E-state index in [0.29, 0.717) is 11.1 Å². The van der Waals surface area contributed by atoms with Crippen molar-refractivity contribution in [3.63, 3.8) is 0 Å². The van der Waals surface area contributed by atoms with E-state index in [2.05, 4.69) is 15.5 Å². The molecule has 1 heterocycles. The van der Waals surface area contributed by atoms with Gasteiger partial charge in [-0.05, 0) is 18.4 Å². The van der Waals surface area contributed by atoms with Gasteiger partial charge >= 0.3 is 0 Å². The molecule has 0 fully saturated rings. The van der Waals surface area contributed by atoms with Gasteiger partial charge in [0.1, 0.15) is 0 Å². The van der Waals surface area contributed by atoms with Crippen LogP contribution in [0, 0.1) is 0 Å². The number of benzene rings is 1. The van der Waals surface area contributed by atoms with Crippen molar-refractivity contribution in [1.29, 1.82) is 0 Å². The molecular formula is C14H17N3O2S2. The number of amides is 1. The molecule has 2 aromatic rings. The van der Waals surface area contributed by atoms with Crippen LogP contribution in [0.1, 0.15) is 25.7 Å². The summed E-state index contributed by atoms with van der Waals surface area (Å²) in [6.45, 7) is 3.96. The Morgan fingerprint density at radius 3 is 2.76 bits per heavy atom. The first-order chi connectivity index (χ1) is 10.1. The van der Waals surface area contributed by atoms with Crippen molar-refractivity contribution in [1.82, 2.24) is 10.2 Å². The normalized spacial score (nSPS) is 10.9. The number of anilines is 1. The van der Waals surface area contributed by atoms with E-state index in [0.717, 1.165) is 10.6 Å². The molecule has 0 saturated carbocycles. The first kappa shape index (κ1) is 15.9. The van der Waals surface area contributed by atoms with Crippen molar-refractivity contribution in [2.45, 2.75) is 29.9 Å². The number of aromatic nitrogens is 2. The van der Waals surface area contributed by atoms with E-state index in [1.165, 1.54) is 11.8 Å². The Hall–Kier alpha value is -1.47. The summed E-state index contributed by atoms with van der Waals surface area (Å²) in [4.78, 5) is 13.0. The van der Waals surface area contributed by atoms with Crippen LogP contribution in [0.2, 0.25) is 0 Å². The minimum absolute atomic E-state index is 0.0919. The Balaban J connectivity index is 1.89. The van der Waals surface area contributed by atoms with E-state index in [1.807, 2.05) is 44.4 Å². The molecule has 0 spiro atoms. The van der Waals surface area contributed by atoms with Crippen LogP contribution < -0.4 is 5.32 Å². The standard InChI is InChI=1S/C14H17N3O2S2/c1-9(2)13-16-17-14(19-13)21-8-12(18)15-10-6-4-5-7-11(10)20-3/h4-7,9H,8H2,1-3H3,(H,15,18). The fourth-order valence-electron chi connectivity index (χ4n) is 1.57. The summed E-state index contributed by atoms with van der Waals surface area (Å²) >= 11 is 2.84. The lowest BCUT2D eigenvalue weighted by Gasteiger charge is -2.08. The molecule has 7 heteroatoms. The molecule has 0 saturated heterocycles. The number of carbonyl (C=O) groups is 1. The lowest BCUT2D eigenvalue weighted by Crippen LogP contribution is -2.14. The van der Waals surface area contributed by atoms with Gasteiger partial charge in [-0.25, -0.2) is 0 Å². The average Bonchev–Trinajstić information content (AvgIpc) is 2.95. The van der Waals surface area contributed by atoms with Crippen LogP contribution in [0.4, 0.5) is 5.69 Å². The summed E-state index contributed by atoms with van der Waals surface area (Å²) in [7, 11) is 0. The van der Waals surface area contributed by atoms with E-state index in [-0.39, 0.29) is 17.6 Å². The highest BCUT2D eigenvalue weighted by atomic mass is 32.2. The van der Waals surface area contributed by atoms with Gasteiger partial charge < -0.3 is 9.73 Å². The monoisotopic (exact) mass is 323 g/mol. The van der Waals surface area contributed by atoms with Gasteiger partial charge in [-0.2, -0.15) is 0 Å². The van der Waals surface area contributed by atoms with Gasteiger partial charge in [-0.15, -0.1) is 22.0 Å². The number of thioether (sulfide) groups is 2. The molecule has 0 aliphatic rings. The molecule has 1 aromatic heterocycles. The van der Waals surface area contributed by atoms with Crippen LogP contribution in [0.15, 0.2) is 38.8 Å². The van der Waals surface area contributed by atoms with Gasteiger partial charge in [0.25, 0.3) is 5.22 Å². The Bertz CT molecular complexity index is 614. The van der Waals surface area contributed by atoms with Gasteiger partial charge in [0, 0.05) is 10.8 Å². The van der Waals surface area contributed by atoms with Gasteiger partial charge in [-0.3, -0.25) is 4.79 Å². The van der Waals surface area contributed by atoms with E-state index in [4.69, 9.17) is 4.42 Å². The number of rotatable bonds is 6. The predicted octanol–water partition coefficient (Wildman–Crippen LogP) is 3.65. The average molecular weight is 323 g/mol. The maximum atomic E-state index is 12.0. The smallest absolute Gasteiger partial charge is 0.277 e. The summed E-state index contributed by atoms with van der Waals surface area (Å²) in [5.74, 6) is 0.924. The number of nitrogens with zero attached hydrogens (tertiary/aromatic N) is 2. The Morgan fingerprint density at radius 1 is 1.33 bits per heavy atom. The molecule has 5 nitrogen and oxygen atoms in total. The minimum atomic E-state index is -0.0919. The molecule has 1 N–H and O–H groups in total. The molecule has 21 heavy (non-hydrogen) atoms. The Labute approximate surface area is 132 Å². The molecule has 0 atom stereocenters. The molecule has 1 aromatic carbocycles. The zero-order valence-corrected chi connectivity index (χ0v) is 13.8. The van der Waals surface area contributed by atoms with Crippen molar-refractivity contribution in [3.8, 4) is 0 Å². The van der Waals surface area contributed by atoms with E-state index in [1.54, 1.807) is 11.8 Å². The summed E-state index contributed by atoms with van der Waals surface area (Å²) in [6.07, 6.45) is 1.98. The molecular weight excluding hydrogens is 306 g/mol. The molecule has 2 rings (SSSR count). The van der Waals surface area contributed by atoms with Crippen molar-refractivity contribution >= 4 is 35.1 Å². The van der Waals surface area contributed by atoms with Crippen LogP contribution in [-0.4, -0.2) is 28.1 Å². The van der Waals surface area contributed by atoms with Crippen LogP contribution in [0.25, 0.3) is 0 Å². The fourth-order valence-corrected chi connectivity index (χ4v) is 2.70. The van der Waals surface area contributed by atoms with Crippen LogP contribution in [0.3, 0.4) is 0 Å². The first-order valence-electron chi connectivity index (χ1n) is 6.49. The van der Waals surface area contributed by atoms with Crippen molar-refractivity contribution < 1.29 is 9.21 Å². The summed E-state index contributed by atoms with van der Waals surface area (Å²) < 4.78 is 5.45. The second-order valence-electron chi connectivity index (χ2n) is 4.60. The SMILES string of the molecule is CSc1ccccc1NC(=O)CSc1nnc(C(C)C)o1.